The molecule has 1 aromatic heterocycles. The van der Waals surface area contributed by atoms with Gasteiger partial charge >= 0.3 is 0 Å². The van der Waals surface area contributed by atoms with Crippen LogP contribution in [-0.2, 0) is 0 Å². The van der Waals surface area contributed by atoms with Crippen molar-refractivity contribution >= 4 is 5.95 Å². The Morgan fingerprint density at radius 1 is 1.58 bits per heavy atom. The number of anilines is 1. The number of nitrogen functional groups attached to an aromatic ring is 1. The molecule has 0 amide bonds. The van der Waals surface area contributed by atoms with E-state index in [1.807, 2.05) is 0 Å². The molecule has 0 bridgehead atoms. The molecule has 2 heterocycles. The second kappa shape index (κ2) is 2.71. The lowest BCUT2D eigenvalue weighted by molar-refractivity contribution is 0.381. The fourth-order valence-electron chi connectivity index (χ4n) is 1.57. The van der Waals surface area contributed by atoms with Gasteiger partial charge in [0.2, 0.25) is 5.95 Å². The molecule has 1 fully saturated rings. The van der Waals surface area contributed by atoms with Gasteiger partial charge in [0.1, 0.15) is 0 Å². The number of likely N-dealkylation sites (tertiary alicyclic amines) is 1. The van der Waals surface area contributed by atoms with Gasteiger partial charge in [-0.3, -0.25) is 0 Å². The molecule has 2 N–H and O–H groups in total. The molecule has 66 valence electrons. The summed E-state index contributed by atoms with van der Waals surface area (Å²) in [4.78, 5) is 2.24. The maximum atomic E-state index is 5.57. The Morgan fingerprint density at radius 3 is 2.92 bits per heavy atom. The maximum Gasteiger partial charge on any atom is 0.240 e. The molecule has 12 heavy (non-hydrogen) atoms. The van der Waals surface area contributed by atoms with Crippen molar-refractivity contribution in [3.63, 3.8) is 0 Å². The van der Waals surface area contributed by atoms with Crippen molar-refractivity contribution in [2.24, 2.45) is 0 Å². The number of aromatic nitrogens is 4. The quantitative estimate of drug-likeness (QED) is 0.590. The first-order chi connectivity index (χ1) is 5.77. The zero-order valence-corrected chi connectivity index (χ0v) is 7.01. The van der Waals surface area contributed by atoms with Crippen LogP contribution in [-0.4, -0.2) is 45.2 Å². The van der Waals surface area contributed by atoms with Crippen LogP contribution in [0.3, 0.4) is 0 Å². The fraction of sp³-hybridized carbons (Fsp3) is 0.833. The first-order valence-electron chi connectivity index (χ1n) is 3.99. The third-order valence-electron chi connectivity index (χ3n) is 2.23. The van der Waals surface area contributed by atoms with Crippen molar-refractivity contribution in [1.82, 2.24) is 25.1 Å². The molecule has 0 radical (unpaired) electrons. The molecule has 0 aliphatic carbocycles. The number of likely N-dealkylation sites (N-methyl/N-ethyl adjacent to an activating group) is 1. The zero-order chi connectivity index (χ0) is 8.55. The summed E-state index contributed by atoms with van der Waals surface area (Å²) in [5, 5.41) is 11.0. The van der Waals surface area contributed by atoms with Gasteiger partial charge in [-0.15, -0.1) is 0 Å². The van der Waals surface area contributed by atoms with Crippen LogP contribution in [0.1, 0.15) is 12.5 Å². The highest BCUT2D eigenvalue weighted by Crippen LogP contribution is 2.20. The summed E-state index contributed by atoms with van der Waals surface area (Å²) >= 11 is 0. The minimum absolute atomic E-state index is 0.352. The van der Waals surface area contributed by atoms with Crippen molar-refractivity contribution in [1.29, 1.82) is 0 Å². The summed E-state index contributed by atoms with van der Waals surface area (Å²) in [6, 6.07) is 0.352. The summed E-state index contributed by atoms with van der Waals surface area (Å²) < 4.78 is 1.70. The Labute approximate surface area is 70.3 Å². The molecule has 1 saturated heterocycles. The van der Waals surface area contributed by atoms with Crippen LogP contribution in [0.5, 0.6) is 0 Å². The minimum atomic E-state index is 0.352. The SMILES string of the molecule is CN1CCC(n2nnnc2N)C1. The average molecular weight is 168 g/mol. The van der Waals surface area contributed by atoms with Gasteiger partial charge < -0.3 is 10.6 Å². The predicted molar refractivity (Wildman–Crippen MR) is 43.4 cm³/mol. The molecular weight excluding hydrogens is 156 g/mol. The summed E-state index contributed by atoms with van der Waals surface area (Å²) in [5.41, 5.74) is 5.57. The minimum Gasteiger partial charge on any atom is -0.367 e. The molecule has 6 heteroatoms. The molecule has 1 atom stereocenters. The van der Waals surface area contributed by atoms with Crippen LogP contribution < -0.4 is 5.73 Å². The van der Waals surface area contributed by atoms with Crippen LogP contribution in [0.25, 0.3) is 0 Å². The van der Waals surface area contributed by atoms with E-state index in [2.05, 4.69) is 27.5 Å². The molecule has 2 rings (SSSR count). The first-order valence-corrected chi connectivity index (χ1v) is 3.99. The third-order valence-corrected chi connectivity index (χ3v) is 2.23. The van der Waals surface area contributed by atoms with Gasteiger partial charge in [0.15, 0.2) is 0 Å². The van der Waals surface area contributed by atoms with E-state index in [0.717, 1.165) is 19.5 Å². The van der Waals surface area contributed by atoms with Gasteiger partial charge in [0, 0.05) is 13.1 Å². The highest BCUT2D eigenvalue weighted by molar-refractivity contribution is 5.12. The van der Waals surface area contributed by atoms with Crippen molar-refractivity contribution in [2.45, 2.75) is 12.5 Å². The molecular formula is C6H12N6. The van der Waals surface area contributed by atoms with Gasteiger partial charge in [0.25, 0.3) is 0 Å². The van der Waals surface area contributed by atoms with Gasteiger partial charge in [-0.25, -0.2) is 4.68 Å². The van der Waals surface area contributed by atoms with E-state index in [4.69, 9.17) is 5.73 Å². The molecule has 1 aromatic rings. The lowest BCUT2D eigenvalue weighted by atomic mass is 10.3. The average Bonchev–Trinajstić information content (AvgIpc) is 2.58. The summed E-state index contributed by atoms with van der Waals surface area (Å²) in [6.07, 6.45) is 1.08. The number of nitrogens with two attached hydrogens (primary N) is 1. The molecule has 0 saturated carbocycles. The second-order valence-electron chi connectivity index (χ2n) is 3.19. The van der Waals surface area contributed by atoms with Crippen LogP contribution in [0.2, 0.25) is 0 Å². The van der Waals surface area contributed by atoms with Crippen molar-refractivity contribution < 1.29 is 0 Å². The molecule has 0 aromatic carbocycles. The Bertz CT molecular complexity index is 269. The smallest absolute Gasteiger partial charge is 0.240 e. The molecule has 1 aliphatic heterocycles. The van der Waals surface area contributed by atoms with E-state index in [1.54, 1.807) is 4.68 Å². The maximum absolute atomic E-state index is 5.57. The number of hydrogen-bond acceptors (Lipinski definition) is 5. The normalized spacial score (nSPS) is 24.9. The van der Waals surface area contributed by atoms with E-state index in [1.165, 1.54) is 0 Å². The van der Waals surface area contributed by atoms with Gasteiger partial charge in [-0.2, -0.15) is 0 Å². The van der Waals surface area contributed by atoms with Crippen molar-refractivity contribution in [3.8, 4) is 0 Å². The standard InChI is InChI=1S/C6H12N6/c1-11-3-2-5(4-11)12-6(7)8-9-10-12/h5H,2-4H2,1H3,(H2,7,8,10). The largest absolute Gasteiger partial charge is 0.367 e. The van der Waals surface area contributed by atoms with Crippen LogP contribution >= 0.6 is 0 Å². The number of nitrogens with zero attached hydrogens (tertiary/aromatic N) is 5. The third kappa shape index (κ3) is 1.14. The van der Waals surface area contributed by atoms with E-state index in [9.17, 15) is 0 Å². The van der Waals surface area contributed by atoms with Crippen LogP contribution in [0.4, 0.5) is 5.95 Å². The number of tetrazole rings is 1. The second-order valence-corrected chi connectivity index (χ2v) is 3.19. The first kappa shape index (κ1) is 7.48. The van der Waals surface area contributed by atoms with Gasteiger partial charge in [0.05, 0.1) is 6.04 Å². The van der Waals surface area contributed by atoms with Crippen molar-refractivity contribution in [2.75, 3.05) is 25.9 Å². The van der Waals surface area contributed by atoms with E-state index in [0.29, 0.717) is 12.0 Å². The van der Waals surface area contributed by atoms with E-state index < -0.39 is 0 Å². The van der Waals surface area contributed by atoms with Crippen LogP contribution in [0.15, 0.2) is 0 Å². The van der Waals surface area contributed by atoms with E-state index >= 15 is 0 Å². The topological polar surface area (TPSA) is 72.9 Å². The monoisotopic (exact) mass is 168 g/mol. The Hall–Kier alpha value is -1.17. The molecule has 0 spiro atoms. The zero-order valence-electron chi connectivity index (χ0n) is 7.01. The Kier molecular flexibility index (Phi) is 1.69. The summed E-state index contributed by atoms with van der Waals surface area (Å²) in [7, 11) is 2.08. The van der Waals surface area contributed by atoms with Crippen LogP contribution in [0, 0.1) is 0 Å². The molecule has 6 nitrogen and oxygen atoms in total. The molecule has 1 unspecified atom stereocenters. The summed E-state index contributed by atoms with van der Waals surface area (Å²) in [6.45, 7) is 2.07. The fourth-order valence-corrected chi connectivity index (χ4v) is 1.57. The number of hydrogen-bond donors (Lipinski definition) is 1. The highest BCUT2D eigenvalue weighted by atomic mass is 15.6. The summed E-state index contributed by atoms with van der Waals surface area (Å²) in [5.74, 6) is 0.412. The Morgan fingerprint density at radius 2 is 2.42 bits per heavy atom. The predicted octanol–water partition coefficient (Wildman–Crippen LogP) is -0.868. The molecule has 1 aliphatic rings. The lowest BCUT2D eigenvalue weighted by Gasteiger charge is -2.09. The number of rotatable bonds is 1. The lowest BCUT2D eigenvalue weighted by Crippen LogP contribution is -2.18. The Balaban J connectivity index is 2.16. The van der Waals surface area contributed by atoms with Gasteiger partial charge in [-0.05, 0) is 23.9 Å². The van der Waals surface area contributed by atoms with Gasteiger partial charge in [-0.1, -0.05) is 5.10 Å². The van der Waals surface area contributed by atoms with Crippen molar-refractivity contribution in [3.05, 3.63) is 0 Å². The highest BCUT2D eigenvalue weighted by Gasteiger charge is 2.23. The van der Waals surface area contributed by atoms with E-state index in [-0.39, 0.29) is 0 Å².